The first kappa shape index (κ1) is 25.0. The molecule has 0 bridgehead atoms. The van der Waals surface area contributed by atoms with E-state index in [0.717, 1.165) is 42.6 Å². The molecule has 4 rings (SSSR count). The third-order valence-corrected chi connectivity index (χ3v) is 7.24. The van der Waals surface area contributed by atoms with Gasteiger partial charge in [0.1, 0.15) is 11.4 Å². The van der Waals surface area contributed by atoms with Crippen LogP contribution in [0.15, 0.2) is 42.0 Å². The molecule has 1 fully saturated rings. The molecular formula is C28H32FN3O2S. The van der Waals surface area contributed by atoms with Crippen LogP contribution in [0.4, 0.5) is 15.8 Å². The highest BCUT2D eigenvalue weighted by Gasteiger charge is 2.38. The minimum absolute atomic E-state index is 0.0124. The van der Waals surface area contributed by atoms with Crippen molar-refractivity contribution >= 4 is 46.6 Å². The molecule has 2 aliphatic heterocycles. The van der Waals surface area contributed by atoms with Gasteiger partial charge in [0.2, 0.25) is 0 Å². The topological polar surface area (TPSA) is 52.7 Å². The number of carbonyl (C=O) groups is 2. The Kier molecular flexibility index (Phi) is 6.82. The van der Waals surface area contributed by atoms with E-state index in [2.05, 4.69) is 37.9 Å². The molecule has 0 aromatic heterocycles. The molecule has 0 radical (unpaired) electrons. The summed E-state index contributed by atoms with van der Waals surface area (Å²) < 4.78 is 15.4. The molecule has 0 saturated carbocycles. The highest BCUT2D eigenvalue weighted by molar-refractivity contribution is 7.80. The van der Waals surface area contributed by atoms with Gasteiger partial charge in [0.25, 0.3) is 11.8 Å². The predicted octanol–water partition coefficient (Wildman–Crippen LogP) is 5.72. The molecule has 184 valence electrons. The Morgan fingerprint density at radius 3 is 2.49 bits per heavy atom. The molecular weight excluding hydrogens is 461 g/mol. The maximum absolute atomic E-state index is 15.4. The zero-order chi connectivity index (χ0) is 25.5. The Labute approximate surface area is 212 Å². The third-order valence-electron chi connectivity index (χ3n) is 6.96. The summed E-state index contributed by atoms with van der Waals surface area (Å²) in [7, 11) is 0. The summed E-state index contributed by atoms with van der Waals surface area (Å²) in [6.45, 7) is 11.5. The quantitative estimate of drug-likeness (QED) is 0.329. The van der Waals surface area contributed by atoms with Crippen LogP contribution in [0.25, 0.3) is 6.08 Å². The van der Waals surface area contributed by atoms with Crippen molar-refractivity contribution in [1.82, 2.24) is 5.32 Å². The number of fused-ring (bicyclic) bond motifs is 1. The molecule has 2 amide bonds. The summed E-state index contributed by atoms with van der Waals surface area (Å²) in [6.07, 6.45) is 4.09. The predicted molar refractivity (Wildman–Crippen MR) is 143 cm³/mol. The standard InChI is InChI=1S/C28H32FN3O2S/c1-6-12-31-24-15-23(29)19(13-21(24)17(3)16-28(31,4)5)14-22-25(33)30-27(35)32(26(22)34)20-10-8-18(7-2)9-11-20/h8-11,13-15,17H,6-7,12,16H2,1-5H3,(H,30,33,35)/b22-14-. The van der Waals surface area contributed by atoms with Crippen molar-refractivity contribution in [2.75, 3.05) is 16.3 Å². The van der Waals surface area contributed by atoms with E-state index in [4.69, 9.17) is 12.2 Å². The summed E-state index contributed by atoms with van der Waals surface area (Å²) in [4.78, 5) is 29.7. The summed E-state index contributed by atoms with van der Waals surface area (Å²) in [5.41, 5.74) is 3.57. The lowest BCUT2D eigenvalue weighted by Gasteiger charge is -2.47. The fourth-order valence-corrected chi connectivity index (χ4v) is 5.49. The van der Waals surface area contributed by atoms with Crippen LogP contribution in [0, 0.1) is 5.82 Å². The van der Waals surface area contributed by atoms with Crippen molar-refractivity contribution < 1.29 is 14.0 Å². The van der Waals surface area contributed by atoms with Gasteiger partial charge in [-0.3, -0.25) is 19.8 Å². The van der Waals surface area contributed by atoms with Crippen LogP contribution in [-0.2, 0) is 16.0 Å². The van der Waals surface area contributed by atoms with Gasteiger partial charge in [-0.05, 0) is 92.7 Å². The molecule has 2 aromatic carbocycles. The number of anilines is 2. The van der Waals surface area contributed by atoms with Crippen LogP contribution in [0.1, 0.15) is 70.1 Å². The van der Waals surface area contributed by atoms with Gasteiger partial charge >= 0.3 is 0 Å². The summed E-state index contributed by atoms with van der Waals surface area (Å²) in [5, 5.41) is 2.59. The Morgan fingerprint density at radius 1 is 1.17 bits per heavy atom. The Balaban J connectivity index is 1.75. The van der Waals surface area contributed by atoms with Crippen LogP contribution < -0.4 is 15.1 Å². The third kappa shape index (κ3) is 4.61. The molecule has 7 heteroatoms. The van der Waals surface area contributed by atoms with Gasteiger partial charge in [-0.15, -0.1) is 0 Å². The van der Waals surface area contributed by atoms with Crippen LogP contribution >= 0.6 is 12.2 Å². The maximum Gasteiger partial charge on any atom is 0.270 e. The van der Waals surface area contributed by atoms with E-state index >= 15 is 4.39 Å². The average Bonchev–Trinajstić information content (AvgIpc) is 2.80. The Morgan fingerprint density at radius 2 is 1.86 bits per heavy atom. The smallest absolute Gasteiger partial charge is 0.270 e. The van der Waals surface area contributed by atoms with Gasteiger partial charge in [-0.2, -0.15) is 0 Å². The van der Waals surface area contributed by atoms with Crippen molar-refractivity contribution in [2.24, 2.45) is 0 Å². The SMILES string of the molecule is CCCN1c2cc(F)c(/C=C3/C(=O)NC(=S)N(c4ccc(CC)cc4)C3=O)cc2C(C)CC1(C)C. The highest BCUT2D eigenvalue weighted by Crippen LogP contribution is 2.44. The number of rotatable bonds is 5. The number of nitrogens with one attached hydrogen (secondary N) is 1. The Bertz CT molecular complexity index is 1220. The minimum Gasteiger partial charge on any atom is -0.366 e. The van der Waals surface area contributed by atoms with Gasteiger partial charge < -0.3 is 4.90 Å². The van der Waals surface area contributed by atoms with E-state index in [0.29, 0.717) is 5.69 Å². The average molecular weight is 494 g/mol. The van der Waals surface area contributed by atoms with Crippen molar-refractivity contribution in [3.05, 3.63) is 64.5 Å². The molecule has 2 aliphatic rings. The van der Waals surface area contributed by atoms with Crippen molar-refractivity contribution in [2.45, 2.75) is 65.3 Å². The summed E-state index contributed by atoms with van der Waals surface area (Å²) >= 11 is 5.29. The van der Waals surface area contributed by atoms with Gasteiger partial charge in [0, 0.05) is 23.3 Å². The van der Waals surface area contributed by atoms with Crippen molar-refractivity contribution in [3.63, 3.8) is 0 Å². The second kappa shape index (κ2) is 9.53. The fourth-order valence-electron chi connectivity index (χ4n) is 5.21. The van der Waals surface area contributed by atoms with Gasteiger partial charge in [-0.25, -0.2) is 4.39 Å². The number of nitrogens with zero attached hydrogens (tertiary/aromatic N) is 2. The summed E-state index contributed by atoms with van der Waals surface area (Å²) in [6, 6.07) is 10.8. The lowest BCUT2D eigenvalue weighted by Crippen LogP contribution is -2.54. The molecule has 35 heavy (non-hydrogen) atoms. The highest BCUT2D eigenvalue weighted by atomic mass is 32.1. The lowest BCUT2D eigenvalue weighted by atomic mass is 9.79. The largest absolute Gasteiger partial charge is 0.366 e. The Hall–Kier alpha value is -3.06. The first-order valence-electron chi connectivity index (χ1n) is 12.2. The number of aryl methyl sites for hydroxylation is 1. The van der Waals surface area contributed by atoms with Gasteiger partial charge in [0.05, 0.1) is 5.69 Å². The molecule has 0 aliphatic carbocycles. The number of halogens is 1. The normalized spacial score (nSPS) is 20.8. The zero-order valence-corrected chi connectivity index (χ0v) is 21.8. The van der Waals surface area contributed by atoms with Crippen molar-refractivity contribution in [1.29, 1.82) is 0 Å². The van der Waals surface area contributed by atoms with Crippen molar-refractivity contribution in [3.8, 4) is 0 Å². The molecule has 1 N–H and O–H groups in total. The maximum atomic E-state index is 15.4. The van der Waals surface area contributed by atoms with E-state index in [9.17, 15) is 9.59 Å². The van der Waals surface area contributed by atoms with Gasteiger partial charge in [0.15, 0.2) is 5.11 Å². The van der Waals surface area contributed by atoms with Crippen LogP contribution in [-0.4, -0.2) is 29.0 Å². The number of benzene rings is 2. The molecule has 1 atom stereocenters. The zero-order valence-electron chi connectivity index (χ0n) is 20.9. The van der Waals surface area contributed by atoms with E-state index in [1.54, 1.807) is 24.3 Å². The van der Waals surface area contributed by atoms with Crippen LogP contribution in [0.2, 0.25) is 0 Å². The number of hydrogen-bond donors (Lipinski definition) is 1. The van der Waals surface area contributed by atoms with Crippen LogP contribution in [0.5, 0.6) is 0 Å². The number of amides is 2. The second-order valence-corrected chi connectivity index (χ2v) is 10.4. The van der Waals surface area contributed by atoms with Crippen LogP contribution in [0.3, 0.4) is 0 Å². The molecule has 1 unspecified atom stereocenters. The van der Waals surface area contributed by atoms with E-state index in [-0.39, 0.29) is 27.7 Å². The first-order valence-corrected chi connectivity index (χ1v) is 12.6. The molecule has 2 heterocycles. The molecule has 1 saturated heterocycles. The summed E-state index contributed by atoms with van der Waals surface area (Å²) in [5.74, 6) is -1.44. The molecule has 2 aromatic rings. The number of thiocarbonyl (C=S) groups is 1. The minimum atomic E-state index is -0.625. The van der Waals surface area contributed by atoms with E-state index < -0.39 is 17.6 Å². The molecule has 5 nitrogen and oxygen atoms in total. The van der Waals surface area contributed by atoms with E-state index in [1.807, 2.05) is 19.1 Å². The van der Waals surface area contributed by atoms with E-state index in [1.165, 1.54) is 11.0 Å². The van der Waals surface area contributed by atoms with Gasteiger partial charge in [-0.1, -0.05) is 32.9 Å². The monoisotopic (exact) mass is 493 g/mol. The fraction of sp³-hybridized carbons (Fsp3) is 0.393. The first-order chi connectivity index (χ1) is 16.6. The second-order valence-electron chi connectivity index (χ2n) is 9.98. The number of hydrogen-bond acceptors (Lipinski definition) is 4. The number of carbonyl (C=O) groups excluding carboxylic acids is 2. The molecule has 0 spiro atoms. The lowest BCUT2D eigenvalue weighted by molar-refractivity contribution is -0.122.